The number of hydrogen-bond donors (Lipinski definition) is 0. The number of carbonyl (C=O) groups is 3. The molecule has 0 aromatic heterocycles. The molecule has 7 nitrogen and oxygen atoms in total. The Morgan fingerprint density at radius 2 is 1.77 bits per heavy atom. The van der Waals surface area contributed by atoms with Crippen LogP contribution in [0, 0.1) is 5.82 Å². The molecule has 0 spiro atoms. The zero-order valence-electron chi connectivity index (χ0n) is 18.4. The van der Waals surface area contributed by atoms with Crippen molar-refractivity contribution in [1.29, 1.82) is 0 Å². The number of hydrogen-bond acceptors (Lipinski definition) is 5. The number of rotatable bonds is 5. The summed E-state index contributed by atoms with van der Waals surface area (Å²) < 4.78 is 24.3. The van der Waals surface area contributed by atoms with E-state index in [9.17, 15) is 18.8 Å². The fourth-order valence-electron chi connectivity index (χ4n) is 4.27. The van der Waals surface area contributed by atoms with Crippen LogP contribution in [0.1, 0.15) is 45.6 Å². The summed E-state index contributed by atoms with van der Waals surface area (Å²) >= 11 is 0. The number of allylic oxidation sites excluding steroid dienone is 1. The van der Waals surface area contributed by atoms with E-state index in [4.69, 9.17) is 9.47 Å². The minimum atomic E-state index is -0.554. The molecule has 2 heterocycles. The summed E-state index contributed by atoms with van der Waals surface area (Å²) in [5.41, 5.74) is 1.37. The molecule has 3 unspecified atom stereocenters. The molecule has 0 radical (unpaired) electrons. The zero-order chi connectivity index (χ0) is 22.7. The van der Waals surface area contributed by atoms with E-state index in [-0.39, 0.29) is 43.6 Å². The van der Waals surface area contributed by atoms with E-state index in [1.165, 1.54) is 17.0 Å². The average Bonchev–Trinajstić information content (AvgIpc) is 2.70. The van der Waals surface area contributed by atoms with E-state index >= 15 is 0 Å². The fraction of sp³-hybridized carbons (Fsp3) is 0.522. The Morgan fingerprint density at radius 3 is 2.35 bits per heavy atom. The van der Waals surface area contributed by atoms with E-state index in [1.54, 1.807) is 30.9 Å². The van der Waals surface area contributed by atoms with E-state index in [2.05, 4.69) is 0 Å². The van der Waals surface area contributed by atoms with Crippen LogP contribution in [0.4, 0.5) is 4.39 Å². The van der Waals surface area contributed by atoms with Gasteiger partial charge in [0.2, 0.25) is 11.8 Å². The lowest BCUT2D eigenvalue weighted by atomic mass is 9.83. The van der Waals surface area contributed by atoms with Crippen molar-refractivity contribution < 1.29 is 28.2 Å². The van der Waals surface area contributed by atoms with Gasteiger partial charge in [0.05, 0.1) is 24.4 Å². The summed E-state index contributed by atoms with van der Waals surface area (Å²) in [6, 6.07) is 5.73. The van der Waals surface area contributed by atoms with Crippen LogP contribution in [-0.2, 0) is 23.9 Å². The minimum absolute atomic E-state index is 0.000314. The molecule has 1 fully saturated rings. The summed E-state index contributed by atoms with van der Waals surface area (Å²) in [7, 11) is 0. The number of benzene rings is 1. The smallest absolute Gasteiger partial charge is 0.336 e. The maximum Gasteiger partial charge on any atom is 0.336 e. The van der Waals surface area contributed by atoms with Crippen molar-refractivity contribution in [2.75, 3.05) is 26.2 Å². The summed E-state index contributed by atoms with van der Waals surface area (Å²) in [5, 5.41) is 0. The van der Waals surface area contributed by atoms with Gasteiger partial charge in [-0.2, -0.15) is 0 Å². The molecule has 2 aliphatic heterocycles. The Kier molecular flexibility index (Phi) is 7.10. The van der Waals surface area contributed by atoms with E-state index in [1.807, 2.05) is 13.8 Å². The van der Waals surface area contributed by atoms with Crippen molar-refractivity contribution in [2.24, 2.45) is 0 Å². The Balaban J connectivity index is 1.90. The molecule has 0 saturated carbocycles. The quantitative estimate of drug-likeness (QED) is 0.669. The molecule has 31 heavy (non-hydrogen) atoms. The highest BCUT2D eigenvalue weighted by molar-refractivity contribution is 5.97. The van der Waals surface area contributed by atoms with Gasteiger partial charge in [0.15, 0.2) is 0 Å². The third-order valence-electron chi connectivity index (χ3n) is 5.66. The van der Waals surface area contributed by atoms with Gasteiger partial charge in [0, 0.05) is 31.1 Å². The SMILES string of the molecule is CCOC(=O)C1=C(C)N(CC(=O)N2CC(C)OC(C)C2)C(=O)CC1c1ccc(F)cc1. The molecule has 8 heteroatoms. The van der Waals surface area contributed by atoms with E-state index < -0.39 is 17.7 Å². The van der Waals surface area contributed by atoms with Gasteiger partial charge in [0.25, 0.3) is 0 Å². The lowest BCUT2D eigenvalue weighted by Crippen LogP contribution is -2.52. The molecule has 0 bridgehead atoms. The third kappa shape index (κ3) is 5.12. The van der Waals surface area contributed by atoms with Crippen LogP contribution in [0.5, 0.6) is 0 Å². The van der Waals surface area contributed by atoms with Crippen LogP contribution < -0.4 is 0 Å². The minimum Gasteiger partial charge on any atom is -0.463 e. The standard InChI is InChI=1S/C23H29FN2O5/c1-5-30-23(29)22-16(4)26(13-21(28)25-11-14(2)31-15(3)12-25)20(27)10-19(22)17-6-8-18(24)9-7-17/h6-9,14-15,19H,5,10-13H2,1-4H3. The van der Waals surface area contributed by atoms with Crippen molar-refractivity contribution in [2.45, 2.75) is 52.2 Å². The van der Waals surface area contributed by atoms with Crippen LogP contribution in [0.15, 0.2) is 35.5 Å². The molecule has 168 valence electrons. The number of nitrogens with zero attached hydrogens (tertiary/aromatic N) is 2. The summed E-state index contributed by atoms with van der Waals surface area (Å²) in [6.45, 7) is 8.10. The van der Waals surface area contributed by atoms with Gasteiger partial charge in [-0.1, -0.05) is 12.1 Å². The van der Waals surface area contributed by atoms with Crippen molar-refractivity contribution in [3.8, 4) is 0 Å². The predicted octanol–water partition coefficient (Wildman–Crippen LogP) is 2.61. The highest BCUT2D eigenvalue weighted by Gasteiger charge is 2.38. The predicted molar refractivity (Wildman–Crippen MR) is 111 cm³/mol. The number of ether oxygens (including phenoxy) is 2. The van der Waals surface area contributed by atoms with Crippen LogP contribution in [0.25, 0.3) is 0 Å². The molecular formula is C23H29FN2O5. The Morgan fingerprint density at radius 1 is 1.16 bits per heavy atom. The maximum atomic E-state index is 13.4. The highest BCUT2D eigenvalue weighted by atomic mass is 19.1. The summed E-state index contributed by atoms with van der Waals surface area (Å²) in [6.07, 6.45) is -0.168. The van der Waals surface area contributed by atoms with Crippen molar-refractivity contribution >= 4 is 17.8 Å². The first-order chi connectivity index (χ1) is 14.7. The number of halogens is 1. The Bertz CT molecular complexity index is 872. The molecule has 1 aromatic carbocycles. The first kappa shape index (κ1) is 22.9. The molecule has 0 N–H and O–H groups in total. The monoisotopic (exact) mass is 432 g/mol. The molecular weight excluding hydrogens is 403 g/mol. The lowest BCUT2D eigenvalue weighted by molar-refractivity contribution is -0.148. The highest BCUT2D eigenvalue weighted by Crippen LogP contribution is 2.37. The fourth-order valence-corrected chi connectivity index (χ4v) is 4.27. The Hall–Kier alpha value is -2.74. The molecule has 2 aliphatic rings. The van der Waals surface area contributed by atoms with Crippen LogP contribution >= 0.6 is 0 Å². The van der Waals surface area contributed by atoms with Crippen LogP contribution in [-0.4, -0.2) is 66.0 Å². The second-order valence-corrected chi connectivity index (χ2v) is 8.06. The maximum absolute atomic E-state index is 13.4. The van der Waals surface area contributed by atoms with Crippen LogP contribution in [0.3, 0.4) is 0 Å². The summed E-state index contributed by atoms with van der Waals surface area (Å²) in [5.74, 6) is -1.94. The van der Waals surface area contributed by atoms with E-state index in [0.717, 1.165) is 0 Å². The molecule has 3 rings (SSSR count). The molecule has 1 aromatic rings. The van der Waals surface area contributed by atoms with Gasteiger partial charge >= 0.3 is 5.97 Å². The second-order valence-electron chi connectivity index (χ2n) is 8.06. The van der Waals surface area contributed by atoms with Gasteiger partial charge < -0.3 is 19.3 Å². The average molecular weight is 432 g/mol. The number of carbonyl (C=O) groups excluding carboxylic acids is 3. The second kappa shape index (κ2) is 9.60. The van der Waals surface area contributed by atoms with Crippen molar-refractivity contribution in [1.82, 2.24) is 9.80 Å². The normalized spacial score (nSPS) is 24.4. The Labute approximate surface area is 181 Å². The van der Waals surface area contributed by atoms with E-state index in [0.29, 0.717) is 29.9 Å². The lowest BCUT2D eigenvalue weighted by Gasteiger charge is -2.38. The topological polar surface area (TPSA) is 76.2 Å². The number of esters is 1. The van der Waals surface area contributed by atoms with Crippen LogP contribution in [0.2, 0.25) is 0 Å². The first-order valence-corrected chi connectivity index (χ1v) is 10.6. The largest absolute Gasteiger partial charge is 0.463 e. The summed E-state index contributed by atoms with van der Waals surface area (Å²) in [4.78, 5) is 41.8. The molecule has 0 aliphatic carbocycles. The first-order valence-electron chi connectivity index (χ1n) is 10.6. The van der Waals surface area contributed by atoms with Gasteiger partial charge in [-0.05, 0) is 45.4 Å². The zero-order valence-corrected chi connectivity index (χ0v) is 18.4. The van der Waals surface area contributed by atoms with Gasteiger partial charge in [-0.25, -0.2) is 9.18 Å². The third-order valence-corrected chi connectivity index (χ3v) is 5.66. The van der Waals surface area contributed by atoms with Crippen molar-refractivity contribution in [3.63, 3.8) is 0 Å². The van der Waals surface area contributed by atoms with Gasteiger partial charge in [0.1, 0.15) is 12.4 Å². The van der Waals surface area contributed by atoms with Gasteiger partial charge in [-0.3, -0.25) is 9.59 Å². The number of morpholine rings is 1. The van der Waals surface area contributed by atoms with Gasteiger partial charge in [-0.15, -0.1) is 0 Å². The molecule has 3 atom stereocenters. The van der Waals surface area contributed by atoms with Crippen molar-refractivity contribution in [3.05, 3.63) is 46.9 Å². The number of amides is 2. The molecule has 1 saturated heterocycles. The molecule has 2 amide bonds.